The lowest BCUT2D eigenvalue weighted by Gasteiger charge is -2.09. The van der Waals surface area contributed by atoms with Crippen molar-refractivity contribution in [2.75, 3.05) is 13.2 Å². The summed E-state index contributed by atoms with van der Waals surface area (Å²) in [5, 5.41) is 1.37. The summed E-state index contributed by atoms with van der Waals surface area (Å²) in [6, 6.07) is 8.81. The van der Waals surface area contributed by atoms with E-state index in [9.17, 15) is 4.39 Å². The van der Waals surface area contributed by atoms with E-state index in [-0.39, 0.29) is 5.82 Å². The molecule has 0 bridgehead atoms. The van der Waals surface area contributed by atoms with Crippen LogP contribution in [0.15, 0.2) is 30.3 Å². The molecule has 0 N–H and O–H groups in total. The molecule has 3 heteroatoms. The van der Waals surface area contributed by atoms with Gasteiger partial charge < -0.3 is 9.47 Å². The molecule has 0 saturated heterocycles. The molecule has 0 aliphatic heterocycles. The Hall–Kier alpha value is -1.77. The SMILES string of the molecule is CCOc1ccc2c(F)c(OCC)ccc2c1. The van der Waals surface area contributed by atoms with E-state index in [1.54, 1.807) is 18.2 Å². The number of benzene rings is 2. The zero-order valence-corrected chi connectivity index (χ0v) is 10.00. The summed E-state index contributed by atoms with van der Waals surface area (Å²) in [5.41, 5.74) is 0. The first-order valence-electron chi connectivity index (χ1n) is 5.74. The second-order valence-electron chi connectivity index (χ2n) is 3.63. The predicted molar refractivity (Wildman–Crippen MR) is 66.2 cm³/mol. The summed E-state index contributed by atoms with van der Waals surface area (Å²) in [6.45, 7) is 4.81. The van der Waals surface area contributed by atoms with Gasteiger partial charge in [0.1, 0.15) is 5.75 Å². The number of hydrogen-bond acceptors (Lipinski definition) is 2. The molecular weight excluding hydrogens is 219 g/mol. The third kappa shape index (κ3) is 2.33. The number of fused-ring (bicyclic) bond motifs is 1. The number of ether oxygens (including phenoxy) is 2. The van der Waals surface area contributed by atoms with E-state index in [0.29, 0.717) is 24.3 Å². The molecule has 90 valence electrons. The van der Waals surface area contributed by atoms with E-state index < -0.39 is 0 Å². The molecule has 0 unspecified atom stereocenters. The highest BCUT2D eigenvalue weighted by Gasteiger charge is 2.08. The lowest BCUT2D eigenvalue weighted by Crippen LogP contribution is -1.95. The molecule has 0 aliphatic rings. The van der Waals surface area contributed by atoms with Gasteiger partial charge in [-0.3, -0.25) is 0 Å². The molecule has 2 aromatic carbocycles. The van der Waals surface area contributed by atoms with Crippen LogP contribution >= 0.6 is 0 Å². The van der Waals surface area contributed by atoms with Crippen LogP contribution in [-0.4, -0.2) is 13.2 Å². The molecule has 0 atom stereocenters. The van der Waals surface area contributed by atoms with Crippen molar-refractivity contribution in [3.8, 4) is 11.5 Å². The largest absolute Gasteiger partial charge is 0.494 e. The Balaban J connectivity index is 2.48. The fourth-order valence-corrected chi connectivity index (χ4v) is 1.77. The van der Waals surface area contributed by atoms with Crippen molar-refractivity contribution in [2.24, 2.45) is 0 Å². The first kappa shape index (κ1) is 11.7. The normalized spacial score (nSPS) is 10.5. The molecule has 0 aromatic heterocycles. The van der Waals surface area contributed by atoms with Crippen LogP contribution in [0.1, 0.15) is 13.8 Å². The van der Waals surface area contributed by atoms with Gasteiger partial charge in [-0.1, -0.05) is 6.07 Å². The molecule has 0 aliphatic carbocycles. The topological polar surface area (TPSA) is 18.5 Å². The summed E-state index contributed by atoms with van der Waals surface area (Å²) in [7, 11) is 0. The molecular formula is C14H15FO2. The van der Waals surface area contributed by atoms with E-state index in [2.05, 4.69) is 0 Å². The predicted octanol–water partition coefficient (Wildman–Crippen LogP) is 3.78. The van der Waals surface area contributed by atoms with Crippen LogP contribution < -0.4 is 9.47 Å². The highest BCUT2D eigenvalue weighted by Crippen LogP contribution is 2.29. The van der Waals surface area contributed by atoms with Gasteiger partial charge in [0.15, 0.2) is 11.6 Å². The van der Waals surface area contributed by atoms with Crippen molar-refractivity contribution >= 4 is 10.8 Å². The van der Waals surface area contributed by atoms with Crippen molar-refractivity contribution in [3.63, 3.8) is 0 Å². The van der Waals surface area contributed by atoms with Crippen LogP contribution in [0.5, 0.6) is 11.5 Å². The molecule has 0 radical (unpaired) electrons. The summed E-state index contributed by atoms with van der Waals surface area (Å²) in [4.78, 5) is 0. The third-order valence-electron chi connectivity index (χ3n) is 2.50. The maximum Gasteiger partial charge on any atom is 0.172 e. The maximum atomic E-state index is 14.0. The fourth-order valence-electron chi connectivity index (χ4n) is 1.77. The van der Waals surface area contributed by atoms with Crippen molar-refractivity contribution in [3.05, 3.63) is 36.1 Å². The fraction of sp³-hybridized carbons (Fsp3) is 0.286. The Morgan fingerprint density at radius 3 is 2.47 bits per heavy atom. The van der Waals surface area contributed by atoms with E-state index in [4.69, 9.17) is 9.47 Å². The van der Waals surface area contributed by atoms with Gasteiger partial charge in [-0.15, -0.1) is 0 Å². The minimum atomic E-state index is -0.313. The third-order valence-corrected chi connectivity index (χ3v) is 2.50. The average molecular weight is 234 g/mol. The van der Waals surface area contributed by atoms with Crippen LogP contribution in [-0.2, 0) is 0 Å². The average Bonchev–Trinajstić information content (AvgIpc) is 2.33. The Kier molecular flexibility index (Phi) is 3.47. The van der Waals surface area contributed by atoms with E-state index >= 15 is 0 Å². The van der Waals surface area contributed by atoms with E-state index in [1.807, 2.05) is 26.0 Å². The van der Waals surface area contributed by atoms with Crippen LogP contribution in [0.25, 0.3) is 10.8 Å². The van der Waals surface area contributed by atoms with Crippen molar-refractivity contribution in [2.45, 2.75) is 13.8 Å². The standard InChI is InChI=1S/C14H15FO2/c1-3-16-11-6-7-12-10(9-11)5-8-13(14(12)15)17-4-2/h5-9H,3-4H2,1-2H3. The lowest BCUT2D eigenvalue weighted by molar-refractivity contribution is 0.323. The van der Waals surface area contributed by atoms with Gasteiger partial charge in [0.2, 0.25) is 0 Å². The zero-order valence-electron chi connectivity index (χ0n) is 10.00. The van der Waals surface area contributed by atoms with Gasteiger partial charge in [0.25, 0.3) is 0 Å². The van der Waals surface area contributed by atoms with Crippen molar-refractivity contribution in [1.82, 2.24) is 0 Å². The Labute approximate surface area is 100.0 Å². The molecule has 0 heterocycles. The Bertz CT molecular complexity index is 523. The Morgan fingerprint density at radius 2 is 1.76 bits per heavy atom. The summed E-state index contributed by atoms with van der Waals surface area (Å²) in [6.07, 6.45) is 0. The van der Waals surface area contributed by atoms with Gasteiger partial charge >= 0.3 is 0 Å². The molecule has 0 fully saturated rings. The summed E-state index contributed by atoms with van der Waals surface area (Å²) in [5.74, 6) is 0.736. The second-order valence-corrected chi connectivity index (χ2v) is 3.63. The number of hydrogen-bond donors (Lipinski definition) is 0. The first-order valence-corrected chi connectivity index (χ1v) is 5.74. The highest BCUT2D eigenvalue weighted by molar-refractivity contribution is 5.86. The zero-order chi connectivity index (χ0) is 12.3. The summed E-state index contributed by atoms with van der Waals surface area (Å²) >= 11 is 0. The van der Waals surface area contributed by atoms with Crippen molar-refractivity contribution in [1.29, 1.82) is 0 Å². The smallest absolute Gasteiger partial charge is 0.172 e. The minimum Gasteiger partial charge on any atom is -0.494 e. The molecule has 0 amide bonds. The second kappa shape index (κ2) is 5.04. The van der Waals surface area contributed by atoms with Crippen LogP contribution in [0.4, 0.5) is 4.39 Å². The molecule has 2 nitrogen and oxygen atoms in total. The summed E-state index contributed by atoms with van der Waals surface area (Å²) < 4.78 is 24.6. The lowest BCUT2D eigenvalue weighted by atomic mass is 10.1. The molecule has 0 spiro atoms. The van der Waals surface area contributed by atoms with Crippen LogP contribution in [0.3, 0.4) is 0 Å². The van der Waals surface area contributed by atoms with Gasteiger partial charge in [-0.05, 0) is 43.5 Å². The molecule has 2 rings (SSSR count). The van der Waals surface area contributed by atoms with E-state index in [1.165, 1.54) is 0 Å². The maximum absolute atomic E-state index is 14.0. The van der Waals surface area contributed by atoms with Crippen LogP contribution in [0, 0.1) is 5.82 Å². The van der Waals surface area contributed by atoms with Gasteiger partial charge in [0.05, 0.1) is 13.2 Å². The minimum absolute atomic E-state index is 0.296. The quantitative estimate of drug-likeness (QED) is 0.801. The van der Waals surface area contributed by atoms with Gasteiger partial charge in [0, 0.05) is 5.39 Å². The Morgan fingerprint density at radius 1 is 1.00 bits per heavy atom. The molecule has 0 saturated carbocycles. The number of rotatable bonds is 4. The van der Waals surface area contributed by atoms with Crippen LogP contribution in [0.2, 0.25) is 0 Å². The number of halogens is 1. The highest BCUT2D eigenvalue weighted by atomic mass is 19.1. The monoisotopic (exact) mass is 234 g/mol. The van der Waals surface area contributed by atoms with Gasteiger partial charge in [-0.25, -0.2) is 4.39 Å². The molecule has 2 aromatic rings. The van der Waals surface area contributed by atoms with E-state index in [0.717, 1.165) is 11.1 Å². The van der Waals surface area contributed by atoms with Gasteiger partial charge in [-0.2, -0.15) is 0 Å². The molecule has 17 heavy (non-hydrogen) atoms. The van der Waals surface area contributed by atoms with Crippen molar-refractivity contribution < 1.29 is 13.9 Å². The first-order chi connectivity index (χ1) is 8.26.